The molecule has 2 N–H and O–H groups in total. The lowest BCUT2D eigenvalue weighted by atomic mass is 10.1. The topological polar surface area (TPSA) is 75.6 Å². The first-order valence-corrected chi connectivity index (χ1v) is 7.46. The van der Waals surface area contributed by atoms with Gasteiger partial charge in [-0.1, -0.05) is 0 Å². The van der Waals surface area contributed by atoms with Crippen LogP contribution in [0, 0.1) is 0 Å². The molecule has 0 aliphatic carbocycles. The first kappa shape index (κ1) is 13.9. The van der Waals surface area contributed by atoms with Crippen LogP contribution in [0.5, 0.6) is 0 Å². The van der Waals surface area contributed by atoms with Crippen molar-refractivity contribution in [2.45, 2.75) is 31.4 Å². The Morgan fingerprint density at radius 1 is 1.44 bits per heavy atom. The van der Waals surface area contributed by atoms with Crippen molar-refractivity contribution >= 4 is 9.84 Å². The van der Waals surface area contributed by atoms with Gasteiger partial charge in [0.1, 0.15) is 9.84 Å². The fourth-order valence-corrected chi connectivity index (χ4v) is 3.32. The van der Waals surface area contributed by atoms with E-state index in [2.05, 4.69) is 5.32 Å². The Morgan fingerprint density at radius 3 is 2.62 bits per heavy atom. The van der Waals surface area contributed by atoms with Crippen LogP contribution in [0.25, 0.3) is 0 Å². The van der Waals surface area contributed by atoms with Gasteiger partial charge in [-0.3, -0.25) is 0 Å². The molecule has 96 valence electrons. The molecule has 0 bridgehead atoms. The number of hydrogen-bond acceptors (Lipinski definition) is 5. The normalized spacial score (nSPS) is 23.1. The zero-order chi connectivity index (χ0) is 12.0. The van der Waals surface area contributed by atoms with Gasteiger partial charge >= 0.3 is 0 Å². The van der Waals surface area contributed by atoms with Gasteiger partial charge in [0.05, 0.1) is 24.2 Å². The zero-order valence-electron chi connectivity index (χ0n) is 9.68. The van der Waals surface area contributed by atoms with Gasteiger partial charge in [0.25, 0.3) is 0 Å². The summed E-state index contributed by atoms with van der Waals surface area (Å²) in [5, 5.41) is 12.7. The van der Waals surface area contributed by atoms with E-state index in [1.807, 2.05) is 0 Å². The van der Waals surface area contributed by atoms with Gasteiger partial charge in [-0.2, -0.15) is 0 Å². The maximum absolute atomic E-state index is 11.2. The summed E-state index contributed by atoms with van der Waals surface area (Å²) in [6.45, 7) is 1.05. The Hall–Kier alpha value is -0.170. The van der Waals surface area contributed by atoms with E-state index in [0.29, 0.717) is 32.4 Å². The summed E-state index contributed by atoms with van der Waals surface area (Å²) in [4.78, 5) is 0. The van der Waals surface area contributed by atoms with Crippen molar-refractivity contribution in [2.75, 3.05) is 31.8 Å². The van der Waals surface area contributed by atoms with Gasteiger partial charge in [-0.05, 0) is 25.8 Å². The molecule has 1 atom stereocenters. The average Bonchev–Trinajstić information content (AvgIpc) is 2.21. The van der Waals surface area contributed by atoms with Crippen LogP contribution in [0.2, 0.25) is 0 Å². The minimum absolute atomic E-state index is 0.276. The number of ether oxygens (including phenoxy) is 1. The second kappa shape index (κ2) is 6.54. The highest BCUT2D eigenvalue weighted by atomic mass is 32.2. The Labute approximate surface area is 97.1 Å². The van der Waals surface area contributed by atoms with Gasteiger partial charge in [0, 0.05) is 13.2 Å². The molecule has 0 radical (unpaired) electrons. The molecule has 0 saturated carbocycles. The number of hydrogen-bond donors (Lipinski definition) is 2. The number of aliphatic hydroxyl groups excluding tert-OH is 1. The second-order valence-corrected chi connectivity index (χ2v) is 6.58. The predicted octanol–water partition coefficient (Wildman–Crippen LogP) is -0.449. The maximum Gasteiger partial charge on any atom is 0.150 e. The highest BCUT2D eigenvalue weighted by Gasteiger charge is 2.22. The molecule has 0 amide bonds. The minimum Gasteiger partial charge on any atom is -0.391 e. The molecule has 0 aromatic carbocycles. The molecular formula is C10H21NO4S. The van der Waals surface area contributed by atoms with Gasteiger partial charge in [0.2, 0.25) is 0 Å². The molecule has 1 aliphatic heterocycles. The lowest BCUT2D eigenvalue weighted by Gasteiger charge is -2.23. The Balaban J connectivity index is 2.11. The molecule has 1 unspecified atom stereocenters. The lowest BCUT2D eigenvalue weighted by Crippen LogP contribution is -2.38. The van der Waals surface area contributed by atoms with E-state index in [4.69, 9.17) is 4.74 Å². The van der Waals surface area contributed by atoms with Crippen LogP contribution in [-0.2, 0) is 14.6 Å². The molecule has 16 heavy (non-hydrogen) atoms. The fourth-order valence-electron chi connectivity index (χ4n) is 1.82. The first-order valence-electron chi connectivity index (χ1n) is 5.64. The Morgan fingerprint density at radius 2 is 2.06 bits per heavy atom. The molecule has 1 rings (SSSR count). The maximum atomic E-state index is 11.2. The molecule has 1 fully saturated rings. The summed E-state index contributed by atoms with van der Waals surface area (Å²) in [6.07, 6.45) is 1.56. The SMILES string of the molecule is COCC(O)CCNC1CCS(=O)(=O)CC1. The number of rotatable bonds is 6. The van der Waals surface area contributed by atoms with Crippen LogP contribution in [0.1, 0.15) is 19.3 Å². The fraction of sp³-hybridized carbons (Fsp3) is 1.00. The molecule has 1 saturated heterocycles. The van der Waals surface area contributed by atoms with Crippen LogP contribution >= 0.6 is 0 Å². The van der Waals surface area contributed by atoms with Crippen molar-refractivity contribution in [1.82, 2.24) is 5.32 Å². The smallest absolute Gasteiger partial charge is 0.150 e. The second-order valence-electron chi connectivity index (χ2n) is 4.28. The van der Waals surface area contributed by atoms with E-state index in [-0.39, 0.29) is 17.5 Å². The molecule has 0 aromatic heterocycles. The number of nitrogens with one attached hydrogen (secondary N) is 1. The molecule has 6 heteroatoms. The highest BCUT2D eigenvalue weighted by Crippen LogP contribution is 2.12. The highest BCUT2D eigenvalue weighted by molar-refractivity contribution is 7.91. The number of methoxy groups -OCH3 is 1. The van der Waals surface area contributed by atoms with E-state index in [1.165, 1.54) is 0 Å². The van der Waals surface area contributed by atoms with Crippen molar-refractivity contribution in [3.05, 3.63) is 0 Å². The summed E-state index contributed by atoms with van der Waals surface area (Å²) >= 11 is 0. The summed E-state index contributed by atoms with van der Waals surface area (Å²) in [7, 11) is -1.22. The third kappa shape index (κ3) is 5.25. The number of sulfone groups is 1. The van der Waals surface area contributed by atoms with Crippen LogP contribution in [-0.4, -0.2) is 57.4 Å². The van der Waals surface area contributed by atoms with E-state index in [1.54, 1.807) is 7.11 Å². The standard InChI is InChI=1S/C10H21NO4S/c1-15-8-10(12)2-5-11-9-3-6-16(13,14)7-4-9/h9-12H,2-8H2,1H3. The van der Waals surface area contributed by atoms with Crippen LogP contribution in [0.4, 0.5) is 0 Å². The van der Waals surface area contributed by atoms with Crippen molar-refractivity contribution in [1.29, 1.82) is 0 Å². The van der Waals surface area contributed by atoms with E-state index < -0.39 is 15.9 Å². The molecule has 5 nitrogen and oxygen atoms in total. The number of aliphatic hydroxyl groups is 1. The predicted molar refractivity (Wildman–Crippen MR) is 62.2 cm³/mol. The van der Waals surface area contributed by atoms with Gasteiger partial charge in [-0.15, -0.1) is 0 Å². The summed E-state index contributed by atoms with van der Waals surface area (Å²) in [5.74, 6) is 0.566. The van der Waals surface area contributed by atoms with Crippen molar-refractivity contribution in [2.24, 2.45) is 0 Å². The molecular weight excluding hydrogens is 230 g/mol. The molecule has 0 spiro atoms. The average molecular weight is 251 g/mol. The van der Waals surface area contributed by atoms with E-state index in [0.717, 1.165) is 0 Å². The molecule has 1 aliphatic rings. The Bertz CT molecular complexity index is 277. The zero-order valence-corrected chi connectivity index (χ0v) is 10.5. The van der Waals surface area contributed by atoms with Crippen LogP contribution in [0.3, 0.4) is 0 Å². The third-order valence-corrected chi connectivity index (χ3v) is 4.54. The van der Waals surface area contributed by atoms with E-state index >= 15 is 0 Å². The van der Waals surface area contributed by atoms with Gasteiger partial charge < -0.3 is 15.2 Å². The molecule has 1 heterocycles. The van der Waals surface area contributed by atoms with E-state index in [9.17, 15) is 13.5 Å². The van der Waals surface area contributed by atoms with Gasteiger partial charge in [0.15, 0.2) is 0 Å². The van der Waals surface area contributed by atoms with Gasteiger partial charge in [-0.25, -0.2) is 8.42 Å². The molecule has 0 aromatic rings. The lowest BCUT2D eigenvalue weighted by molar-refractivity contribution is 0.0589. The third-order valence-electron chi connectivity index (χ3n) is 2.82. The largest absolute Gasteiger partial charge is 0.391 e. The van der Waals surface area contributed by atoms with Crippen molar-refractivity contribution in [3.63, 3.8) is 0 Å². The first-order chi connectivity index (χ1) is 7.53. The summed E-state index contributed by atoms with van der Waals surface area (Å²) < 4.78 is 27.2. The van der Waals surface area contributed by atoms with Crippen molar-refractivity contribution in [3.8, 4) is 0 Å². The van der Waals surface area contributed by atoms with Crippen molar-refractivity contribution < 1.29 is 18.3 Å². The minimum atomic E-state index is -2.78. The van der Waals surface area contributed by atoms with Crippen LogP contribution in [0.15, 0.2) is 0 Å². The quantitative estimate of drug-likeness (QED) is 0.669. The summed E-state index contributed by atoms with van der Waals surface area (Å²) in [5.41, 5.74) is 0. The summed E-state index contributed by atoms with van der Waals surface area (Å²) in [6, 6.07) is 0.276. The monoisotopic (exact) mass is 251 g/mol. The van der Waals surface area contributed by atoms with Crippen LogP contribution < -0.4 is 5.32 Å². The Kier molecular flexibility index (Phi) is 5.68.